The number of nitrogen functional groups attached to an aromatic ring is 1. The number of hydrogen-bond donors (Lipinski definition) is 2. The Labute approximate surface area is 111 Å². The third kappa shape index (κ3) is 2.94. The molecule has 1 unspecified atom stereocenters. The molecule has 3 N–H and O–H groups in total. The molecule has 19 heavy (non-hydrogen) atoms. The van der Waals surface area contributed by atoms with Crippen LogP contribution in [0.3, 0.4) is 0 Å². The first-order valence-corrected chi connectivity index (χ1v) is 7.17. The average Bonchev–Trinajstić information content (AvgIpc) is 2.76. The van der Waals surface area contributed by atoms with Crippen molar-refractivity contribution in [2.24, 2.45) is 0 Å². The van der Waals surface area contributed by atoms with Crippen LogP contribution in [-0.2, 0) is 10.0 Å². The molecule has 0 radical (unpaired) electrons. The van der Waals surface area contributed by atoms with E-state index in [-0.39, 0.29) is 10.7 Å². The summed E-state index contributed by atoms with van der Waals surface area (Å²) in [6, 6.07) is 5.95. The van der Waals surface area contributed by atoms with Gasteiger partial charge in [0.15, 0.2) is 0 Å². The van der Waals surface area contributed by atoms with Gasteiger partial charge in [-0.2, -0.15) is 0 Å². The molecule has 2 aromatic rings. The van der Waals surface area contributed by atoms with E-state index in [4.69, 9.17) is 10.2 Å². The van der Waals surface area contributed by atoms with E-state index in [1.165, 1.54) is 18.3 Å². The van der Waals surface area contributed by atoms with Gasteiger partial charge >= 0.3 is 0 Å². The molecule has 0 aliphatic rings. The van der Waals surface area contributed by atoms with E-state index in [0.29, 0.717) is 5.76 Å². The third-order valence-electron chi connectivity index (χ3n) is 2.61. The van der Waals surface area contributed by atoms with Crippen LogP contribution in [0.25, 0.3) is 0 Å². The molecule has 0 aliphatic heterocycles. The SMILES string of the molecule is Cc1ccc(C(C)NS(=O)(=O)c2cccnc2N)o1. The average molecular weight is 281 g/mol. The first kappa shape index (κ1) is 13.6. The molecule has 0 fully saturated rings. The van der Waals surface area contributed by atoms with Crippen molar-refractivity contribution in [1.82, 2.24) is 9.71 Å². The number of rotatable bonds is 4. The standard InChI is InChI=1S/C12H15N3O3S/c1-8-5-6-10(18-8)9(2)15-19(16,17)11-4-3-7-14-12(11)13/h3-7,9,15H,1-2H3,(H2,13,14). The first-order chi connectivity index (χ1) is 8.90. The lowest BCUT2D eigenvalue weighted by Gasteiger charge is -2.12. The second-order valence-electron chi connectivity index (χ2n) is 4.18. The Balaban J connectivity index is 2.25. The lowest BCUT2D eigenvalue weighted by Crippen LogP contribution is -2.27. The van der Waals surface area contributed by atoms with Gasteiger partial charge < -0.3 is 10.2 Å². The van der Waals surface area contributed by atoms with Crippen LogP contribution >= 0.6 is 0 Å². The van der Waals surface area contributed by atoms with Gasteiger partial charge in [-0.3, -0.25) is 0 Å². The van der Waals surface area contributed by atoms with E-state index in [1.54, 1.807) is 26.0 Å². The van der Waals surface area contributed by atoms with E-state index in [9.17, 15) is 8.42 Å². The Bertz CT molecular complexity index is 679. The van der Waals surface area contributed by atoms with Gasteiger partial charge in [0.2, 0.25) is 10.0 Å². The summed E-state index contributed by atoms with van der Waals surface area (Å²) in [5.41, 5.74) is 5.57. The fraction of sp³-hybridized carbons (Fsp3) is 0.250. The molecule has 7 heteroatoms. The summed E-state index contributed by atoms with van der Waals surface area (Å²) in [4.78, 5) is 3.73. The first-order valence-electron chi connectivity index (χ1n) is 5.69. The van der Waals surface area contributed by atoms with Crippen molar-refractivity contribution in [3.63, 3.8) is 0 Å². The van der Waals surface area contributed by atoms with E-state index >= 15 is 0 Å². The summed E-state index contributed by atoms with van der Waals surface area (Å²) in [7, 11) is -3.73. The van der Waals surface area contributed by atoms with Crippen molar-refractivity contribution < 1.29 is 12.8 Å². The zero-order valence-electron chi connectivity index (χ0n) is 10.6. The number of anilines is 1. The molecular weight excluding hydrogens is 266 g/mol. The van der Waals surface area contributed by atoms with Gasteiger partial charge in [0, 0.05) is 6.20 Å². The van der Waals surface area contributed by atoms with Crippen molar-refractivity contribution in [1.29, 1.82) is 0 Å². The predicted molar refractivity (Wildman–Crippen MR) is 70.8 cm³/mol. The number of aromatic nitrogens is 1. The highest BCUT2D eigenvalue weighted by Crippen LogP contribution is 2.20. The lowest BCUT2D eigenvalue weighted by atomic mass is 10.3. The highest BCUT2D eigenvalue weighted by molar-refractivity contribution is 7.89. The minimum atomic E-state index is -3.73. The number of pyridine rings is 1. The van der Waals surface area contributed by atoms with E-state index in [0.717, 1.165) is 5.76 Å². The van der Waals surface area contributed by atoms with Gasteiger partial charge in [0.25, 0.3) is 0 Å². The van der Waals surface area contributed by atoms with Crippen molar-refractivity contribution in [2.45, 2.75) is 24.8 Å². The van der Waals surface area contributed by atoms with E-state index in [2.05, 4.69) is 9.71 Å². The number of nitrogens with zero attached hydrogens (tertiary/aromatic N) is 1. The lowest BCUT2D eigenvalue weighted by molar-refractivity contribution is 0.441. The largest absolute Gasteiger partial charge is 0.465 e. The van der Waals surface area contributed by atoms with Gasteiger partial charge in [-0.25, -0.2) is 18.1 Å². The maximum atomic E-state index is 12.2. The number of nitrogens with one attached hydrogen (secondary N) is 1. The second kappa shape index (κ2) is 5.02. The Hall–Kier alpha value is -1.86. The molecule has 0 saturated heterocycles. The van der Waals surface area contributed by atoms with Gasteiger partial charge in [0.1, 0.15) is 22.2 Å². The van der Waals surface area contributed by atoms with E-state index < -0.39 is 16.1 Å². The van der Waals surface area contributed by atoms with Crippen molar-refractivity contribution >= 4 is 15.8 Å². The molecule has 2 aromatic heterocycles. The smallest absolute Gasteiger partial charge is 0.244 e. The Morgan fingerprint density at radius 2 is 2.11 bits per heavy atom. The monoisotopic (exact) mass is 281 g/mol. The summed E-state index contributed by atoms with van der Waals surface area (Å²) in [5, 5.41) is 0. The Morgan fingerprint density at radius 3 is 2.68 bits per heavy atom. The molecule has 0 aromatic carbocycles. The maximum absolute atomic E-state index is 12.2. The van der Waals surface area contributed by atoms with Crippen molar-refractivity contribution in [2.75, 3.05) is 5.73 Å². The summed E-state index contributed by atoms with van der Waals surface area (Å²) >= 11 is 0. The van der Waals surface area contributed by atoms with E-state index in [1.807, 2.05) is 0 Å². The van der Waals surface area contributed by atoms with Crippen LogP contribution in [0.2, 0.25) is 0 Å². The number of nitrogens with two attached hydrogens (primary N) is 1. The Morgan fingerprint density at radius 1 is 1.37 bits per heavy atom. The van der Waals surface area contributed by atoms with Crippen LogP contribution in [0.15, 0.2) is 39.8 Å². The van der Waals surface area contributed by atoms with Crippen LogP contribution in [0.5, 0.6) is 0 Å². The van der Waals surface area contributed by atoms with Gasteiger partial charge in [-0.05, 0) is 38.1 Å². The van der Waals surface area contributed by atoms with Crippen LogP contribution in [-0.4, -0.2) is 13.4 Å². The summed E-state index contributed by atoms with van der Waals surface area (Å²) in [6.45, 7) is 3.49. The molecule has 0 bridgehead atoms. The quantitative estimate of drug-likeness (QED) is 0.887. The molecule has 2 rings (SSSR count). The normalized spacial score (nSPS) is 13.4. The van der Waals surface area contributed by atoms with Gasteiger partial charge in [-0.15, -0.1) is 0 Å². The fourth-order valence-electron chi connectivity index (χ4n) is 1.67. The molecule has 6 nitrogen and oxygen atoms in total. The van der Waals surface area contributed by atoms with Crippen LogP contribution in [0, 0.1) is 6.92 Å². The van der Waals surface area contributed by atoms with Crippen LogP contribution in [0.1, 0.15) is 24.5 Å². The zero-order chi connectivity index (χ0) is 14.0. The highest BCUT2D eigenvalue weighted by Gasteiger charge is 2.22. The molecule has 2 heterocycles. The molecule has 102 valence electrons. The summed E-state index contributed by atoms with van der Waals surface area (Å²) in [6.07, 6.45) is 1.44. The third-order valence-corrected chi connectivity index (χ3v) is 4.20. The van der Waals surface area contributed by atoms with Crippen molar-refractivity contribution in [3.05, 3.63) is 42.0 Å². The fourth-order valence-corrected chi connectivity index (χ4v) is 2.96. The molecule has 0 saturated carbocycles. The van der Waals surface area contributed by atoms with Crippen molar-refractivity contribution in [3.8, 4) is 0 Å². The molecule has 1 atom stereocenters. The number of furan rings is 1. The maximum Gasteiger partial charge on any atom is 0.244 e. The second-order valence-corrected chi connectivity index (χ2v) is 5.86. The Kier molecular flexibility index (Phi) is 3.59. The molecule has 0 spiro atoms. The summed E-state index contributed by atoms with van der Waals surface area (Å²) in [5.74, 6) is 1.24. The number of aryl methyl sites for hydroxylation is 1. The van der Waals surface area contributed by atoms with Gasteiger partial charge in [0.05, 0.1) is 6.04 Å². The molecular formula is C12H15N3O3S. The minimum absolute atomic E-state index is 0.0298. The highest BCUT2D eigenvalue weighted by atomic mass is 32.2. The topological polar surface area (TPSA) is 98.2 Å². The molecule has 0 aliphatic carbocycles. The minimum Gasteiger partial charge on any atom is -0.465 e. The van der Waals surface area contributed by atoms with Gasteiger partial charge in [-0.1, -0.05) is 0 Å². The number of sulfonamides is 1. The molecule has 0 amide bonds. The predicted octanol–water partition coefficient (Wildman–Crippen LogP) is 1.60. The van der Waals surface area contributed by atoms with Crippen LogP contribution < -0.4 is 10.5 Å². The summed E-state index contributed by atoms with van der Waals surface area (Å²) < 4.78 is 32.2. The number of hydrogen-bond acceptors (Lipinski definition) is 5. The van der Waals surface area contributed by atoms with Crippen LogP contribution in [0.4, 0.5) is 5.82 Å². The zero-order valence-corrected chi connectivity index (χ0v) is 11.4.